The van der Waals surface area contributed by atoms with Crippen LogP contribution in [0.25, 0.3) is 42.1 Å². The van der Waals surface area contributed by atoms with Crippen LogP contribution in [0.5, 0.6) is 0 Å². The first-order chi connectivity index (χ1) is 33.8. The number of ketones is 4. The molecule has 0 saturated carbocycles. The molecule has 15 heteroatoms. The Morgan fingerprint density at radius 2 is 1.16 bits per heavy atom. The van der Waals surface area contributed by atoms with Crippen molar-refractivity contribution in [3.63, 3.8) is 0 Å². The average molecular weight is 1070 g/mol. The number of allylic oxidation sites excluding steroid dienone is 2. The van der Waals surface area contributed by atoms with E-state index in [1.54, 1.807) is 80.2 Å². The van der Waals surface area contributed by atoms with Gasteiger partial charge in [0, 0.05) is 56.8 Å². The minimum Gasteiger partial charge on any atom is -0.293 e. The highest BCUT2D eigenvalue weighted by Crippen LogP contribution is 2.52. The van der Waals surface area contributed by atoms with Crippen LogP contribution in [0.3, 0.4) is 0 Å². The van der Waals surface area contributed by atoms with E-state index in [-0.39, 0.29) is 34.3 Å². The fraction of sp³-hybridized carbons (Fsp3) is 0.0909. The minimum absolute atomic E-state index is 0.209. The van der Waals surface area contributed by atoms with Gasteiger partial charge in [-0.15, -0.1) is 79.4 Å². The number of anilines is 6. The number of Topliss-reactive ketones (excluding diaryl/α,β-unsaturated/α-hetero) is 4. The molecule has 0 amide bonds. The van der Waals surface area contributed by atoms with Gasteiger partial charge in [0.05, 0.1) is 19.9 Å². The lowest BCUT2D eigenvalue weighted by Gasteiger charge is -2.38. The summed E-state index contributed by atoms with van der Waals surface area (Å²) in [5.74, 6) is -0.844. The summed E-state index contributed by atoms with van der Waals surface area (Å²) in [5.41, 5.74) is 4.73. The second kappa shape index (κ2) is 16.4. The highest BCUT2D eigenvalue weighted by atomic mass is 32.1. The standard InChI is InChI=1S/C55H38N2O4S7Si2/c1-28-20-42(67-53(28)57(54-44(69(2)3)16-19-64-54)48-13-11-32(66-48)24-38-50(59)34-22-30-15-18-63-41(30)26-36(34)52(38)61)43-27-46-55(68-43)56(39-8-6-7-9-45(39)70(46,4)5)47-12-10-31(65-47)23-37-49(58)33-21-29-14-17-62-40(29)25-35(33)51(37)60/h6-27,69H,1-5H3/b37-23+,38-24+. The lowest BCUT2D eigenvalue weighted by molar-refractivity contribution is 0.0975. The van der Waals surface area contributed by atoms with Crippen molar-refractivity contribution in [3.8, 4) is 9.75 Å². The molecule has 6 nitrogen and oxygen atoms in total. The quantitative estimate of drug-likeness (QED) is 0.0857. The predicted octanol–water partition coefficient (Wildman–Crippen LogP) is 15.1. The van der Waals surface area contributed by atoms with Crippen LogP contribution in [0.2, 0.25) is 26.2 Å². The molecule has 2 aliphatic carbocycles. The van der Waals surface area contributed by atoms with E-state index in [4.69, 9.17) is 0 Å². The van der Waals surface area contributed by atoms with Gasteiger partial charge in [0.1, 0.15) is 33.1 Å². The van der Waals surface area contributed by atoms with Crippen molar-refractivity contribution in [2.45, 2.75) is 33.1 Å². The van der Waals surface area contributed by atoms with Crippen LogP contribution in [0, 0.1) is 6.92 Å². The molecule has 8 heterocycles. The van der Waals surface area contributed by atoms with Crippen LogP contribution >= 0.6 is 79.4 Å². The van der Waals surface area contributed by atoms with Crippen LogP contribution in [-0.2, 0) is 0 Å². The van der Waals surface area contributed by atoms with Gasteiger partial charge < -0.3 is 0 Å². The van der Waals surface area contributed by atoms with Crippen molar-refractivity contribution in [3.05, 3.63) is 168 Å². The third-order valence-corrected chi connectivity index (χ3v) is 26.5. The summed E-state index contributed by atoms with van der Waals surface area (Å²) in [6, 6.07) is 35.6. The number of thiophene rings is 7. The Kier molecular flexibility index (Phi) is 10.4. The zero-order chi connectivity index (χ0) is 47.9. The van der Waals surface area contributed by atoms with E-state index in [9.17, 15) is 19.2 Å². The molecule has 0 radical (unpaired) electrons. The van der Waals surface area contributed by atoms with Gasteiger partial charge in [0.2, 0.25) is 0 Å². The maximum absolute atomic E-state index is 13.7. The van der Waals surface area contributed by atoms with Gasteiger partial charge in [-0.3, -0.25) is 29.0 Å². The molecule has 0 spiro atoms. The molecule has 0 bridgehead atoms. The van der Waals surface area contributed by atoms with E-state index in [0.717, 1.165) is 44.9 Å². The first kappa shape index (κ1) is 44.2. The minimum atomic E-state index is -2.19. The number of rotatable bonds is 8. The molecule has 10 aromatic rings. The van der Waals surface area contributed by atoms with E-state index >= 15 is 0 Å². The number of fused-ring (bicyclic) bond motifs is 6. The monoisotopic (exact) mass is 1070 g/mol. The Morgan fingerprint density at radius 1 is 0.571 bits per heavy atom. The maximum Gasteiger partial charge on any atom is 0.197 e. The van der Waals surface area contributed by atoms with Gasteiger partial charge in [-0.2, -0.15) is 0 Å². The molecule has 1 aliphatic heterocycles. The number of hydrogen-bond acceptors (Lipinski definition) is 13. The third kappa shape index (κ3) is 6.81. The summed E-state index contributed by atoms with van der Waals surface area (Å²) in [5, 5.41) is 17.9. The van der Waals surface area contributed by atoms with Crippen molar-refractivity contribution in [1.29, 1.82) is 0 Å². The molecule has 70 heavy (non-hydrogen) atoms. The van der Waals surface area contributed by atoms with Crippen molar-refractivity contribution in [2.75, 3.05) is 9.80 Å². The van der Waals surface area contributed by atoms with Crippen LogP contribution < -0.4 is 25.4 Å². The number of para-hydroxylation sites is 1. The highest BCUT2D eigenvalue weighted by molar-refractivity contribution is 7.29. The highest BCUT2D eigenvalue weighted by Gasteiger charge is 2.42. The summed E-state index contributed by atoms with van der Waals surface area (Å²) >= 11 is 11.7. The van der Waals surface area contributed by atoms with Gasteiger partial charge in [-0.25, -0.2) is 0 Å². The van der Waals surface area contributed by atoms with Gasteiger partial charge in [0.25, 0.3) is 0 Å². The normalized spacial score (nSPS) is 16.2. The number of aryl methyl sites for hydroxylation is 1. The van der Waals surface area contributed by atoms with E-state index < -0.39 is 16.9 Å². The molecular weight excluding hydrogens is 1030 g/mol. The van der Waals surface area contributed by atoms with Gasteiger partial charge in [0.15, 0.2) is 23.1 Å². The molecule has 0 atom stereocenters. The topological polar surface area (TPSA) is 74.8 Å². The van der Waals surface area contributed by atoms with Crippen molar-refractivity contribution >= 4 is 198 Å². The molecule has 0 saturated heterocycles. The first-order valence-electron chi connectivity index (χ1n) is 22.7. The number of carbonyl (C=O) groups is 4. The molecule has 3 aliphatic rings. The lowest BCUT2D eigenvalue weighted by atomic mass is 10.1. The number of nitrogens with zero attached hydrogens (tertiary/aromatic N) is 2. The summed E-state index contributed by atoms with van der Waals surface area (Å²) in [6.45, 7) is 11.8. The second-order valence-electron chi connectivity index (χ2n) is 18.6. The second-order valence-corrected chi connectivity index (χ2v) is 32.9. The summed E-state index contributed by atoms with van der Waals surface area (Å²) in [4.78, 5) is 63.9. The SMILES string of the molecule is Cc1cc(-c2cc3c(s2)N(c2ccc(/C=C4\C(=O)c5cc6ccsc6cc5C4=O)s2)c2ccccc2[Si]3(C)C)sc1N(c1ccc(/C=C2\C(=O)c3cc4ccsc4cc3C2=O)s1)c1sccc1[SiH](C)C. The van der Waals surface area contributed by atoms with E-state index in [1.807, 2.05) is 70.6 Å². The number of hydrogen-bond donors (Lipinski definition) is 0. The molecular formula is C55H38N2O4S7Si2. The largest absolute Gasteiger partial charge is 0.293 e. The third-order valence-electron chi connectivity index (χ3n) is 13.6. The van der Waals surface area contributed by atoms with E-state index in [0.29, 0.717) is 22.3 Å². The van der Waals surface area contributed by atoms with Crippen molar-refractivity contribution in [2.24, 2.45) is 0 Å². The Bertz CT molecular complexity index is 3890. The Hall–Kier alpha value is -5.73. The smallest absolute Gasteiger partial charge is 0.197 e. The van der Waals surface area contributed by atoms with Crippen LogP contribution in [0.1, 0.15) is 56.7 Å². The van der Waals surface area contributed by atoms with Crippen molar-refractivity contribution in [1.82, 2.24) is 0 Å². The van der Waals surface area contributed by atoms with E-state index in [2.05, 4.69) is 103 Å². The average Bonchev–Trinajstić information content (AvgIpc) is 4.21. The summed E-state index contributed by atoms with van der Waals surface area (Å²) < 4.78 is 2.01. The van der Waals surface area contributed by atoms with Crippen LogP contribution in [0.15, 0.2) is 130 Å². The zero-order valence-electron chi connectivity index (χ0n) is 38.2. The molecule has 342 valence electrons. The van der Waals surface area contributed by atoms with Crippen molar-refractivity contribution < 1.29 is 19.2 Å². The van der Waals surface area contributed by atoms with Crippen LogP contribution in [-0.4, -0.2) is 40.0 Å². The van der Waals surface area contributed by atoms with E-state index in [1.165, 1.54) is 46.6 Å². The molecule has 7 aromatic heterocycles. The fourth-order valence-electron chi connectivity index (χ4n) is 10.0. The number of carbonyl (C=O) groups excluding carboxylic acids is 4. The summed E-state index contributed by atoms with van der Waals surface area (Å²) in [6.07, 6.45) is 3.57. The van der Waals surface area contributed by atoms with Crippen LogP contribution in [0.4, 0.5) is 30.7 Å². The predicted molar refractivity (Wildman–Crippen MR) is 308 cm³/mol. The van der Waals surface area contributed by atoms with Gasteiger partial charge >= 0.3 is 0 Å². The fourth-order valence-corrected chi connectivity index (χ4v) is 23.0. The molecule has 0 unspecified atom stereocenters. The first-order valence-corrected chi connectivity index (χ1v) is 34.5. The molecule has 13 rings (SSSR count). The Labute approximate surface area is 434 Å². The molecule has 3 aromatic carbocycles. The van der Waals surface area contributed by atoms with Gasteiger partial charge in [-0.1, -0.05) is 50.5 Å². The summed E-state index contributed by atoms with van der Waals surface area (Å²) in [7, 11) is -3.44. The molecule has 0 N–H and O–H groups in total. The Morgan fingerprint density at radius 3 is 1.81 bits per heavy atom. The lowest BCUT2D eigenvalue weighted by Crippen LogP contribution is -2.57. The zero-order valence-corrected chi connectivity index (χ0v) is 46.0. The molecule has 0 fully saturated rings. The number of benzene rings is 3. The maximum atomic E-state index is 13.7. The Balaban J connectivity index is 0.869. The van der Waals surface area contributed by atoms with Gasteiger partial charge in [-0.05, 0) is 146 Å².